The van der Waals surface area contributed by atoms with Crippen molar-refractivity contribution in [2.24, 2.45) is 0 Å². The lowest BCUT2D eigenvalue weighted by atomic mass is 10.3. The fraction of sp³-hybridized carbons (Fsp3) is 0.400. The molecule has 0 radical (unpaired) electrons. The van der Waals surface area contributed by atoms with E-state index in [1.165, 1.54) is 0 Å². The summed E-state index contributed by atoms with van der Waals surface area (Å²) in [6.07, 6.45) is -4.46. The van der Waals surface area contributed by atoms with Crippen LogP contribution in [0, 0.1) is 0 Å². The van der Waals surface area contributed by atoms with Crippen molar-refractivity contribution in [2.75, 3.05) is 37.6 Å². The summed E-state index contributed by atoms with van der Waals surface area (Å²) in [5, 5.41) is 14.2. The highest BCUT2D eigenvalue weighted by Gasteiger charge is 2.38. The number of anilines is 1. The van der Waals surface area contributed by atoms with Gasteiger partial charge in [0.15, 0.2) is 5.58 Å². The molecule has 36 heavy (non-hydrogen) atoms. The van der Waals surface area contributed by atoms with E-state index in [0.29, 0.717) is 0 Å². The van der Waals surface area contributed by atoms with Crippen LogP contribution in [0.5, 0.6) is 0 Å². The van der Waals surface area contributed by atoms with Crippen LogP contribution in [0.3, 0.4) is 0 Å². The Labute approximate surface area is 199 Å². The van der Waals surface area contributed by atoms with Gasteiger partial charge >= 0.3 is 24.3 Å². The lowest BCUT2D eigenvalue weighted by Crippen LogP contribution is -2.47. The minimum absolute atomic E-state index is 0.746. The number of hydrogen-bond acceptors (Lipinski definition) is 7. The van der Waals surface area contributed by atoms with Crippen molar-refractivity contribution >= 4 is 29.1 Å². The Bertz CT molecular complexity index is 1050. The highest BCUT2D eigenvalue weighted by Crippen LogP contribution is 2.22. The van der Waals surface area contributed by atoms with Crippen LogP contribution in [0.4, 0.5) is 32.4 Å². The maximum absolute atomic E-state index is 10.6. The molecule has 0 saturated carbocycles. The van der Waals surface area contributed by atoms with E-state index in [9.17, 15) is 26.3 Å². The van der Waals surface area contributed by atoms with Crippen molar-refractivity contribution in [3.63, 3.8) is 0 Å². The van der Waals surface area contributed by atoms with Gasteiger partial charge in [-0.25, -0.2) is 14.6 Å². The van der Waals surface area contributed by atoms with Gasteiger partial charge in [-0.05, 0) is 12.1 Å². The molecular weight excluding hydrogens is 504 g/mol. The maximum Gasteiger partial charge on any atom is 0.490 e. The summed E-state index contributed by atoms with van der Waals surface area (Å²) < 4.78 is 71.4. The first kappa shape index (κ1) is 28.4. The number of carboxylic acid groups (broad SMARTS) is 2. The molecule has 0 aliphatic carbocycles. The predicted molar refractivity (Wildman–Crippen MR) is 112 cm³/mol. The Morgan fingerprint density at radius 1 is 0.917 bits per heavy atom. The maximum atomic E-state index is 10.6. The highest BCUT2D eigenvalue weighted by atomic mass is 19.4. The van der Waals surface area contributed by atoms with Gasteiger partial charge in [0, 0.05) is 51.7 Å². The molecule has 2 aromatic heterocycles. The number of aliphatic carboxylic acids is 2. The van der Waals surface area contributed by atoms with Gasteiger partial charge in [-0.15, -0.1) is 0 Å². The molecule has 2 N–H and O–H groups in total. The lowest BCUT2D eigenvalue weighted by Gasteiger charge is -2.33. The van der Waals surface area contributed by atoms with Gasteiger partial charge in [-0.1, -0.05) is 12.1 Å². The van der Waals surface area contributed by atoms with Crippen molar-refractivity contribution in [1.82, 2.24) is 19.4 Å². The SMILES string of the molecule is O=C(O)C(F)(F)F.O=C(O)C(F)(F)F.c1ccc2oc(N3CCN(CCn4ccnc4)CC3)nc2c1. The number of rotatable bonds is 4. The molecule has 1 fully saturated rings. The van der Waals surface area contributed by atoms with Crippen LogP contribution in [0.15, 0.2) is 47.4 Å². The first-order valence-electron chi connectivity index (χ1n) is 10.2. The Morgan fingerprint density at radius 3 is 1.94 bits per heavy atom. The number of carboxylic acids is 2. The monoisotopic (exact) mass is 525 g/mol. The van der Waals surface area contributed by atoms with Crippen LogP contribution in [0.25, 0.3) is 11.1 Å². The number of halogens is 6. The Hall–Kier alpha value is -3.82. The zero-order valence-corrected chi connectivity index (χ0v) is 18.4. The molecule has 0 bridgehead atoms. The molecule has 0 spiro atoms. The van der Waals surface area contributed by atoms with Gasteiger partial charge < -0.3 is 24.1 Å². The molecule has 10 nitrogen and oxygen atoms in total. The van der Waals surface area contributed by atoms with Crippen molar-refractivity contribution in [3.8, 4) is 0 Å². The third-order valence-corrected chi connectivity index (χ3v) is 4.64. The Morgan fingerprint density at radius 2 is 1.47 bits per heavy atom. The molecule has 1 saturated heterocycles. The van der Waals surface area contributed by atoms with Gasteiger partial charge in [0.05, 0.1) is 6.33 Å². The quantitative estimate of drug-likeness (QED) is 0.495. The third-order valence-electron chi connectivity index (χ3n) is 4.64. The van der Waals surface area contributed by atoms with Gasteiger partial charge in [-0.2, -0.15) is 31.3 Å². The second kappa shape index (κ2) is 12.2. The van der Waals surface area contributed by atoms with Gasteiger partial charge in [0.25, 0.3) is 6.01 Å². The predicted octanol–water partition coefficient (Wildman–Crippen LogP) is 3.11. The second-order valence-electron chi connectivity index (χ2n) is 7.20. The molecule has 3 heterocycles. The molecule has 16 heteroatoms. The molecular formula is C20H21F6N5O5. The van der Waals surface area contributed by atoms with Crippen molar-refractivity contribution in [3.05, 3.63) is 43.0 Å². The topological polar surface area (TPSA) is 125 Å². The van der Waals surface area contributed by atoms with Gasteiger partial charge in [-0.3, -0.25) is 4.90 Å². The molecule has 198 valence electrons. The summed E-state index contributed by atoms with van der Waals surface area (Å²) in [6, 6.07) is 8.67. The average molecular weight is 525 g/mol. The summed E-state index contributed by atoms with van der Waals surface area (Å²) in [4.78, 5) is 31.1. The molecule has 0 atom stereocenters. The molecule has 3 aromatic rings. The van der Waals surface area contributed by atoms with Crippen molar-refractivity contribution < 1.29 is 50.6 Å². The number of aromatic nitrogens is 3. The van der Waals surface area contributed by atoms with E-state index in [2.05, 4.69) is 24.3 Å². The number of alkyl halides is 6. The van der Waals surface area contributed by atoms with E-state index in [-0.39, 0.29) is 0 Å². The Balaban J connectivity index is 0.000000271. The standard InChI is InChI=1S/C16H19N5O.2C2HF3O2/c1-2-4-15-14(3-1)18-16(22-15)21-11-9-19(10-12-21)7-8-20-6-5-17-13-20;2*3-2(4,5)1(6)7/h1-6,13H,7-12H2;2*(H,6,7). The highest BCUT2D eigenvalue weighted by molar-refractivity contribution is 5.74. The molecule has 4 rings (SSSR count). The Kier molecular flexibility index (Phi) is 9.66. The number of nitrogens with zero attached hydrogens (tertiary/aromatic N) is 5. The second-order valence-corrected chi connectivity index (χ2v) is 7.20. The van der Waals surface area contributed by atoms with Gasteiger partial charge in [0.1, 0.15) is 5.52 Å². The van der Waals surface area contributed by atoms with Crippen LogP contribution >= 0.6 is 0 Å². The summed E-state index contributed by atoms with van der Waals surface area (Å²) in [5.41, 5.74) is 1.79. The summed E-state index contributed by atoms with van der Waals surface area (Å²) in [6.45, 7) is 6.02. The summed E-state index contributed by atoms with van der Waals surface area (Å²) >= 11 is 0. The molecule has 0 unspecified atom stereocenters. The van der Waals surface area contributed by atoms with Crippen LogP contribution < -0.4 is 4.90 Å². The number of carbonyl (C=O) groups is 2. The zero-order valence-electron chi connectivity index (χ0n) is 18.4. The van der Waals surface area contributed by atoms with Crippen LogP contribution in [0.1, 0.15) is 0 Å². The first-order chi connectivity index (χ1) is 16.8. The minimum Gasteiger partial charge on any atom is -0.475 e. The number of para-hydroxylation sites is 2. The van der Waals surface area contributed by atoms with E-state index in [0.717, 1.165) is 56.4 Å². The van der Waals surface area contributed by atoms with E-state index < -0.39 is 24.3 Å². The minimum atomic E-state index is -5.08. The normalized spacial score (nSPS) is 14.4. The number of piperazine rings is 1. The van der Waals surface area contributed by atoms with E-state index >= 15 is 0 Å². The fourth-order valence-corrected chi connectivity index (χ4v) is 2.83. The molecule has 1 aromatic carbocycles. The molecule has 0 amide bonds. The first-order valence-corrected chi connectivity index (χ1v) is 10.2. The fourth-order valence-electron chi connectivity index (χ4n) is 2.83. The van der Waals surface area contributed by atoms with Crippen LogP contribution in [0.2, 0.25) is 0 Å². The van der Waals surface area contributed by atoms with Crippen LogP contribution in [-0.2, 0) is 16.1 Å². The average Bonchev–Trinajstić information content (AvgIpc) is 3.47. The van der Waals surface area contributed by atoms with Crippen molar-refractivity contribution in [2.45, 2.75) is 18.9 Å². The van der Waals surface area contributed by atoms with E-state index in [1.807, 2.05) is 43.0 Å². The summed E-state index contributed by atoms with van der Waals surface area (Å²) in [5.74, 6) is -5.51. The smallest absolute Gasteiger partial charge is 0.475 e. The van der Waals surface area contributed by atoms with Crippen molar-refractivity contribution in [1.29, 1.82) is 0 Å². The third kappa shape index (κ3) is 9.09. The van der Waals surface area contributed by atoms with E-state index in [4.69, 9.17) is 24.2 Å². The van der Waals surface area contributed by atoms with E-state index in [1.54, 1.807) is 0 Å². The number of imidazole rings is 1. The number of hydrogen-bond donors (Lipinski definition) is 2. The summed E-state index contributed by atoms with van der Waals surface area (Å²) in [7, 11) is 0. The lowest BCUT2D eigenvalue weighted by molar-refractivity contribution is -0.193. The zero-order chi connectivity index (χ0) is 26.9. The number of oxazole rings is 1. The number of fused-ring (bicyclic) bond motifs is 1. The number of benzene rings is 1. The molecule has 1 aliphatic rings. The molecule has 1 aliphatic heterocycles. The largest absolute Gasteiger partial charge is 0.490 e. The van der Waals surface area contributed by atoms with Gasteiger partial charge in [0.2, 0.25) is 0 Å². The van der Waals surface area contributed by atoms with Crippen LogP contribution in [-0.4, -0.2) is 86.7 Å².